The molecule has 4 rings (SSSR count). The Morgan fingerprint density at radius 2 is 1.77 bits per heavy atom. The average molecular weight is 397 g/mol. The number of nitrogens with zero attached hydrogens (tertiary/aromatic N) is 2. The lowest BCUT2D eigenvalue weighted by Gasteiger charge is -2.08. The van der Waals surface area contributed by atoms with Crippen LogP contribution in [0, 0.1) is 6.92 Å². The Morgan fingerprint density at radius 1 is 1.03 bits per heavy atom. The minimum Gasteiger partial charge on any atom is -0.497 e. The second kappa shape index (κ2) is 8.66. The fraction of sp³-hybridized carbons (Fsp3) is 0.120. The number of nitrogens with one attached hydrogen (secondary N) is 1. The standard InChI is InChI=1S/C25H23N3O2/c1-18-7-3-4-8-20(18)16-28-17-21(23-9-5-6-10-24(23)28)15-26-27-25(29)19-11-13-22(30-2)14-12-19/h3-15,17H,16H2,1-2H3,(H,27,29)/b26-15-. The van der Waals surface area contributed by atoms with Gasteiger partial charge in [0.25, 0.3) is 5.91 Å². The van der Waals surface area contributed by atoms with Gasteiger partial charge in [0.1, 0.15) is 5.75 Å². The summed E-state index contributed by atoms with van der Waals surface area (Å²) in [6.45, 7) is 2.90. The molecule has 5 nitrogen and oxygen atoms in total. The third-order valence-electron chi connectivity index (χ3n) is 5.14. The van der Waals surface area contributed by atoms with Crippen molar-refractivity contribution in [3.05, 3.63) is 101 Å². The molecular weight excluding hydrogens is 374 g/mol. The molecule has 0 saturated carbocycles. The highest BCUT2D eigenvalue weighted by molar-refractivity contribution is 6.00. The second-order valence-corrected chi connectivity index (χ2v) is 7.08. The summed E-state index contributed by atoms with van der Waals surface area (Å²) in [5, 5.41) is 5.27. The van der Waals surface area contributed by atoms with Crippen molar-refractivity contribution in [2.24, 2.45) is 5.10 Å². The highest BCUT2D eigenvalue weighted by atomic mass is 16.5. The second-order valence-electron chi connectivity index (χ2n) is 7.08. The minimum absolute atomic E-state index is 0.266. The Balaban J connectivity index is 1.55. The molecule has 0 bridgehead atoms. The van der Waals surface area contributed by atoms with Crippen molar-refractivity contribution in [3.8, 4) is 5.75 Å². The number of fused-ring (bicyclic) bond motifs is 1. The zero-order valence-corrected chi connectivity index (χ0v) is 17.0. The van der Waals surface area contributed by atoms with E-state index in [9.17, 15) is 4.79 Å². The van der Waals surface area contributed by atoms with Crippen LogP contribution >= 0.6 is 0 Å². The minimum atomic E-state index is -0.266. The number of para-hydroxylation sites is 1. The molecule has 3 aromatic carbocycles. The Labute approximate surface area is 175 Å². The van der Waals surface area contributed by atoms with Crippen molar-refractivity contribution >= 4 is 23.0 Å². The number of hydrogen-bond acceptors (Lipinski definition) is 3. The number of carbonyl (C=O) groups is 1. The molecule has 0 aliphatic heterocycles. The summed E-state index contributed by atoms with van der Waals surface area (Å²) in [6, 6.07) is 23.5. The van der Waals surface area contributed by atoms with Crippen molar-refractivity contribution in [3.63, 3.8) is 0 Å². The molecule has 0 radical (unpaired) electrons. The lowest BCUT2D eigenvalue weighted by molar-refractivity contribution is 0.0955. The summed E-state index contributed by atoms with van der Waals surface area (Å²) in [6.07, 6.45) is 3.76. The summed E-state index contributed by atoms with van der Waals surface area (Å²) >= 11 is 0. The molecule has 0 spiro atoms. The predicted octanol–water partition coefficient (Wildman–Crippen LogP) is 4.77. The summed E-state index contributed by atoms with van der Waals surface area (Å²) in [5.74, 6) is 0.439. The summed E-state index contributed by atoms with van der Waals surface area (Å²) in [4.78, 5) is 12.3. The molecule has 0 saturated heterocycles. The quantitative estimate of drug-likeness (QED) is 0.376. The van der Waals surface area contributed by atoms with Gasteiger partial charge < -0.3 is 9.30 Å². The van der Waals surface area contributed by atoms with Crippen LogP contribution in [0.3, 0.4) is 0 Å². The Kier molecular flexibility index (Phi) is 5.61. The van der Waals surface area contributed by atoms with Gasteiger partial charge in [-0.1, -0.05) is 42.5 Å². The maximum atomic E-state index is 12.3. The fourth-order valence-electron chi connectivity index (χ4n) is 3.45. The van der Waals surface area contributed by atoms with Gasteiger partial charge in [0.05, 0.1) is 13.3 Å². The van der Waals surface area contributed by atoms with Crippen molar-refractivity contribution in [1.29, 1.82) is 0 Å². The molecule has 30 heavy (non-hydrogen) atoms. The molecule has 0 aliphatic rings. The largest absolute Gasteiger partial charge is 0.497 e. The first-order valence-corrected chi connectivity index (χ1v) is 9.75. The van der Waals surface area contributed by atoms with Crippen molar-refractivity contribution in [2.75, 3.05) is 7.11 Å². The molecule has 1 aromatic heterocycles. The van der Waals surface area contributed by atoms with Crippen LogP contribution in [0.2, 0.25) is 0 Å². The molecule has 0 fully saturated rings. The van der Waals surface area contributed by atoms with Crippen LogP contribution in [0.15, 0.2) is 84.1 Å². The topological polar surface area (TPSA) is 55.6 Å². The van der Waals surface area contributed by atoms with Crippen LogP contribution in [0.25, 0.3) is 10.9 Å². The first kappa shape index (κ1) is 19.5. The van der Waals surface area contributed by atoms with E-state index in [-0.39, 0.29) is 5.91 Å². The molecule has 1 amide bonds. The lowest BCUT2D eigenvalue weighted by Crippen LogP contribution is -2.17. The zero-order valence-electron chi connectivity index (χ0n) is 17.0. The van der Waals surface area contributed by atoms with Crippen LogP contribution in [0.5, 0.6) is 5.75 Å². The van der Waals surface area contributed by atoms with Gasteiger partial charge in [-0.25, -0.2) is 5.43 Å². The number of rotatable bonds is 6. The van der Waals surface area contributed by atoms with E-state index < -0.39 is 0 Å². The number of ether oxygens (including phenoxy) is 1. The molecule has 1 heterocycles. The third kappa shape index (κ3) is 4.10. The average Bonchev–Trinajstić information content (AvgIpc) is 3.13. The van der Waals surface area contributed by atoms with E-state index in [1.165, 1.54) is 11.1 Å². The van der Waals surface area contributed by atoms with E-state index in [0.717, 1.165) is 23.0 Å². The summed E-state index contributed by atoms with van der Waals surface area (Å²) in [7, 11) is 1.59. The van der Waals surface area contributed by atoms with E-state index in [1.54, 1.807) is 37.6 Å². The van der Waals surface area contributed by atoms with Crippen molar-refractivity contribution in [2.45, 2.75) is 13.5 Å². The van der Waals surface area contributed by atoms with E-state index in [0.29, 0.717) is 11.3 Å². The van der Waals surface area contributed by atoms with Crippen LogP contribution in [0.4, 0.5) is 0 Å². The van der Waals surface area contributed by atoms with Crippen LogP contribution < -0.4 is 10.2 Å². The van der Waals surface area contributed by atoms with Crippen molar-refractivity contribution in [1.82, 2.24) is 9.99 Å². The highest BCUT2D eigenvalue weighted by Crippen LogP contribution is 2.22. The van der Waals surface area contributed by atoms with Crippen LogP contribution in [-0.2, 0) is 6.54 Å². The first-order chi connectivity index (χ1) is 14.7. The van der Waals surface area contributed by atoms with E-state index in [4.69, 9.17) is 4.74 Å². The molecule has 0 unspecified atom stereocenters. The Morgan fingerprint density at radius 3 is 2.53 bits per heavy atom. The molecule has 1 N–H and O–H groups in total. The van der Waals surface area contributed by atoms with Gasteiger partial charge in [-0.15, -0.1) is 0 Å². The first-order valence-electron chi connectivity index (χ1n) is 9.75. The van der Waals surface area contributed by atoms with Crippen LogP contribution in [0.1, 0.15) is 27.0 Å². The molecular formula is C25H23N3O2. The monoisotopic (exact) mass is 397 g/mol. The number of hydrogen-bond donors (Lipinski definition) is 1. The number of hydrazone groups is 1. The van der Waals surface area contributed by atoms with Gasteiger partial charge >= 0.3 is 0 Å². The Bertz CT molecular complexity index is 1210. The smallest absolute Gasteiger partial charge is 0.271 e. The molecule has 5 heteroatoms. The number of benzene rings is 3. The molecule has 150 valence electrons. The zero-order chi connectivity index (χ0) is 20.9. The summed E-state index contributed by atoms with van der Waals surface area (Å²) in [5.41, 5.74) is 7.74. The van der Waals surface area contributed by atoms with Gasteiger partial charge in [-0.3, -0.25) is 4.79 Å². The third-order valence-corrected chi connectivity index (χ3v) is 5.14. The van der Waals surface area contributed by atoms with Gasteiger partial charge in [-0.2, -0.15) is 5.10 Å². The van der Waals surface area contributed by atoms with E-state index in [1.807, 2.05) is 12.1 Å². The SMILES string of the molecule is COc1ccc(C(=O)N/N=C\c2cn(Cc3ccccc3C)c3ccccc23)cc1. The number of aromatic nitrogens is 1. The van der Waals surface area contributed by atoms with Gasteiger partial charge in [0.15, 0.2) is 0 Å². The van der Waals surface area contributed by atoms with Gasteiger partial charge in [-0.05, 0) is 48.4 Å². The van der Waals surface area contributed by atoms with E-state index in [2.05, 4.69) is 64.6 Å². The maximum Gasteiger partial charge on any atom is 0.271 e. The van der Waals surface area contributed by atoms with Crippen LogP contribution in [-0.4, -0.2) is 23.8 Å². The Hall–Kier alpha value is -3.86. The number of carbonyl (C=O) groups excluding carboxylic acids is 1. The fourth-order valence-corrected chi connectivity index (χ4v) is 3.45. The van der Waals surface area contributed by atoms with Gasteiger partial charge in [0.2, 0.25) is 0 Å². The lowest BCUT2D eigenvalue weighted by atomic mass is 10.1. The normalized spacial score (nSPS) is 11.1. The predicted molar refractivity (Wildman–Crippen MR) is 120 cm³/mol. The summed E-state index contributed by atoms with van der Waals surface area (Å²) < 4.78 is 7.33. The number of amides is 1. The maximum absolute atomic E-state index is 12.3. The van der Waals surface area contributed by atoms with Crippen molar-refractivity contribution < 1.29 is 9.53 Å². The molecule has 0 atom stereocenters. The molecule has 0 aliphatic carbocycles. The van der Waals surface area contributed by atoms with Gasteiger partial charge in [0, 0.05) is 34.8 Å². The number of aryl methyl sites for hydroxylation is 1. The van der Waals surface area contributed by atoms with E-state index >= 15 is 0 Å². The number of methoxy groups -OCH3 is 1. The molecule has 4 aromatic rings. The highest BCUT2D eigenvalue weighted by Gasteiger charge is 2.09.